The highest BCUT2D eigenvalue weighted by Crippen LogP contribution is 2.36. The van der Waals surface area contributed by atoms with Crippen LogP contribution in [0.15, 0.2) is 70.2 Å². The number of nitro groups is 1. The van der Waals surface area contributed by atoms with Crippen LogP contribution in [0.2, 0.25) is 0 Å². The van der Waals surface area contributed by atoms with E-state index in [1.165, 1.54) is 24.4 Å². The number of anilines is 1. The van der Waals surface area contributed by atoms with E-state index in [1.807, 2.05) is 38.1 Å². The summed E-state index contributed by atoms with van der Waals surface area (Å²) in [5.41, 5.74) is 4.86. The van der Waals surface area contributed by atoms with E-state index >= 15 is 0 Å². The van der Waals surface area contributed by atoms with Crippen LogP contribution in [0.25, 0.3) is 0 Å². The fraction of sp³-hybridized carbons (Fsp3) is 0.192. The standard InChI is InChI=1S/C26H25BrN4O6/c1-3-36-23-13-18(15-28-30-24(32)14-19-6-4-5-7-22(19)31(34)35)12-21(27)26(23)37-16-25(33)29-20-10-8-17(2)9-11-20/h4-13,15H,3,14,16H2,1-2H3,(H,29,33)(H,30,32)/b28-15+. The quantitative estimate of drug-likeness (QED) is 0.194. The molecule has 0 aromatic heterocycles. The molecule has 0 radical (unpaired) electrons. The van der Waals surface area contributed by atoms with Crippen LogP contribution in [0, 0.1) is 17.0 Å². The first kappa shape index (κ1) is 27.3. The summed E-state index contributed by atoms with van der Waals surface area (Å²) in [7, 11) is 0. The molecule has 0 spiro atoms. The topological polar surface area (TPSA) is 132 Å². The molecule has 11 heteroatoms. The number of carbonyl (C=O) groups is 2. The Bertz CT molecular complexity index is 1310. The van der Waals surface area contributed by atoms with E-state index in [2.05, 4.69) is 31.8 Å². The third kappa shape index (κ3) is 8.14. The van der Waals surface area contributed by atoms with Gasteiger partial charge >= 0.3 is 0 Å². The third-order valence-electron chi connectivity index (χ3n) is 4.96. The number of nitrogens with zero attached hydrogens (tertiary/aromatic N) is 2. The van der Waals surface area contributed by atoms with Gasteiger partial charge in [0.2, 0.25) is 5.91 Å². The molecule has 10 nitrogen and oxygen atoms in total. The smallest absolute Gasteiger partial charge is 0.273 e. The lowest BCUT2D eigenvalue weighted by atomic mass is 10.1. The lowest BCUT2D eigenvalue weighted by Crippen LogP contribution is -2.20. The number of benzene rings is 3. The molecule has 0 unspecified atom stereocenters. The van der Waals surface area contributed by atoms with Crippen molar-refractivity contribution in [1.82, 2.24) is 5.43 Å². The van der Waals surface area contributed by atoms with Crippen molar-refractivity contribution in [2.24, 2.45) is 5.10 Å². The maximum absolute atomic E-state index is 12.3. The Labute approximate surface area is 222 Å². The number of ether oxygens (including phenoxy) is 2. The zero-order valence-electron chi connectivity index (χ0n) is 20.2. The molecule has 0 saturated carbocycles. The summed E-state index contributed by atoms with van der Waals surface area (Å²) in [5, 5.41) is 17.8. The van der Waals surface area contributed by atoms with E-state index in [0.717, 1.165) is 5.56 Å². The molecule has 37 heavy (non-hydrogen) atoms. The Morgan fingerprint density at radius 3 is 2.51 bits per heavy atom. The largest absolute Gasteiger partial charge is 0.490 e. The predicted octanol–water partition coefficient (Wildman–Crippen LogP) is 4.77. The summed E-state index contributed by atoms with van der Waals surface area (Å²) >= 11 is 3.43. The minimum absolute atomic E-state index is 0.130. The van der Waals surface area contributed by atoms with Crippen molar-refractivity contribution in [3.05, 3.63) is 91.9 Å². The average Bonchev–Trinajstić information content (AvgIpc) is 2.85. The van der Waals surface area contributed by atoms with Crippen LogP contribution in [0.1, 0.15) is 23.6 Å². The molecular formula is C26H25BrN4O6. The number of nitrogens with one attached hydrogen (secondary N) is 2. The van der Waals surface area contributed by atoms with Crippen molar-refractivity contribution < 1.29 is 24.0 Å². The molecule has 3 aromatic rings. The number of carbonyl (C=O) groups excluding carboxylic acids is 2. The molecule has 2 N–H and O–H groups in total. The maximum atomic E-state index is 12.3. The van der Waals surface area contributed by atoms with Gasteiger partial charge in [0.15, 0.2) is 18.1 Å². The Morgan fingerprint density at radius 1 is 1.08 bits per heavy atom. The van der Waals surface area contributed by atoms with E-state index in [1.54, 1.807) is 18.2 Å². The number of rotatable bonds is 11. The summed E-state index contributed by atoms with van der Waals surface area (Å²) in [4.78, 5) is 35.1. The van der Waals surface area contributed by atoms with Crippen LogP contribution >= 0.6 is 15.9 Å². The van der Waals surface area contributed by atoms with Gasteiger partial charge in [0.05, 0.1) is 28.6 Å². The fourth-order valence-electron chi connectivity index (χ4n) is 3.27. The van der Waals surface area contributed by atoms with Crippen molar-refractivity contribution in [3.8, 4) is 11.5 Å². The molecule has 3 rings (SSSR count). The molecule has 0 heterocycles. The van der Waals surface area contributed by atoms with Crippen LogP contribution < -0.4 is 20.2 Å². The monoisotopic (exact) mass is 568 g/mol. The van der Waals surface area contributed by atoms with Gasteiger partial charge in [-0.25, -0.2) is 5.43 Å². The van der Waals surface area contributed by atoms with E-state index < -0.39 is 10.8 Å². The number of hydrazone groups is 1. The molecule has 0 saturated heterocycles. The molecule has 0 fully saturated rings. The summed E-state index contributed by atoms with van der Waals surface area (Å²) < 4.78 is 11.9. The molecule has 3 aromatic carbocycles. The lowest BCUT2D eigenvalue weighted by molar-refractivity contribution is -0.385. The van der Waals surface area contributed by atoms with E-state index in [-0.39, 0.29) is 30.2 Å². The van der Waals surface area contributed by atoms with Crippen LogP contribution in [-0.2, 0) is 16.0 Å². The third-order valence-corrected chi connectivity index (χ3v) is 5.55. The maximum Gasteiger partial charge on any atom is 0.273 e. The zero-order chi connectivity index (χ0) is 26.8. The van der Waals surface area contributed by atoms with Gasteiger partial charge in [-0.1, -0.05) is 35.9 Å². The number of aryl methyl sites for hydroxylation is 1. The Balaban J connectivity index is 1.63. The molecule has 0 atom stereocenters. The van der Waals surface area contributed by atoms with Gasteiger partial charge in [-0.3, -0.25) is 19.7 Å². The van der Waals surface area contributed by atoms with E-state index in [0.29, 0.717) is 33.8 Å². The first-order valence-corrected chi connectivity index (χ1v) is 12.1. The number of para-hydroxylation sites is 1. The molecule has 2 amide bonds. The second kappa shape index (κ2) is 13.2. The van der Waals surface area contributed by atoms with E-state index in [9.17, 15) is 19.7 Å². The molecule has 0 aliphatic heterocycles. The highest BCUT2D eigenvalue weighted by atomic mass is 79.9. The SMILES string of the molecule is CCOc1cc(/C=N/NC(=O)Cc2ccccc2[N+](=O)[O-])cc(Br)c1OCC(=O)Nc1ccc(C)cc1. The second-order valence-corrected chi connectivity index (χ2v) is 8.68. The van der Waals surface area contributed by atoms with Gasteiger partial charge in [0, 0.05) is 17.3 Å². The molecule has 192 valence electrons. The van der Waals surface area contributed by atoms with Gasteiger partial charge in [-0.2, -0.15) is 5.10 Å². The zero-order valence-corrected chi connectivity index (χ0v) is 21.8. The first-order chi connectivity index (χ1) is 17.8. The normalized spacial score (nSPS) is 10.7. The van der Waals surface area contributed by atoms with Gasteiger partial charge in [0.25, 0.3) is 11.6 Å². The second-order valence-electron chi connectivity index (χ2n) is 7.82. The summed E-state index contributed by atoms with van der Waals surface area (Å²) in [6, 6.07) is 16.8. The van der Waals surface area contributed by atoms with Crippen molar-refractivity contribution in [1.29, 1.82) is 0 Å². The molecule has 0 bridgehead atoms. The lowest BCUT2D eigenvalue weighted by Gasteiger charge is -2.14. The number of halogens is 1. The minimum atomic E-state index is -0.533. The molecule has 0 aliphatic carbocycles. The number of hydrogen-bond acceptors (Lipinski definition) is 7. The van der Waals surface area contributed by atoms with Crippen molar-refractivity contribution in [2.45, 2.75) is 20.3 Å². The average molecular weight is 569 g/mol. The minimum Gasteiger partial charge on any atom is -0.490 e. The van der Waals surface area contributed by atoms with Crippen LogP contribution in [-0.4, -0.2) is 36.2 Å². The summed E-state index contributed by atoms with van der Waals surface area (Å²) in [6.07, 6.45) is 1.21. The highest BCUT2D eigenvalue weighted by molar-refractivity contribution is 9.10. The van der Waals surface area contributed by atoms with E-state index in [4.69, 9.17) is 9.47 Å². The highest BCUT2D eigenvalue weighted by Gasteiger charge is 2.16. The summed E-state index contributed by atoms with van der Waals surface area (Å²) in [5.74, 6) is -0.106. The van der Waals surface area contributed by atoms with Gasteiger partial charge in [0.1, 0.15) is 0 Å². The van der Waals surface area contributed by atoms with Gasteiger partial charge < -0.3 is 14.8 Å². The fourth-order valence-corrected chi connectivity index (χ4v) is 3.84. The molecular weight excluding hydrogens is 544 g/mol. The Hall–Kier alpha value is -4.25. The van der Waals surface area contributed by atoms with Crippen molar-refractivity contribution in [2.75, 3.05) is 18.5 Å². The number of nitro benzene ring substituents is 1. The number of amides is 2. The Morgan fingerprint density at radius 2 is 1.81 bits per heavy atom. The van der Waals surface area contributed by atoms with Gasteiger partial charge in [-0.15, -0.1) is 0 Å². The van der Waals surface area contributed by atoms with Gasteiger partial charge in [-0.05, 0) is 59.6 Å². The van der Waals surface area contributed by atoms with Crippen molar-refractivity contribution >= 4 is 45.3 Å². The predicted molar refractivity (Wildman–Crippen MR) is 143 cm³/mol. The van der Waals surface area contributed by atoms with Crippen LogP contribution in [0.3, 0.4) is 0 Å². The molecule has 0 aliphatic rings. The van der Waals surface area contributed by atoms with Crippen LogP contribution in [0.4, 0.5) is 11.4 Å². The first-order valence-electron chi connectivity index (χ1n) is 11.3. The summed E-state index contributed by atoms with van der Waals surface area (Å²) in [6.45, 7) is 3.89. The van der Waals surface area contributed by atoms with Crippen molar-refractivity contribution in [3.63, 3.8) is 0 Å². The van der Waals surface area contributed by atoms with Crippen LogP contribution in [0.5, 0.6) is 11.5 Å². The Kier molecular flexibility index (Phi) is 9.73. The number of hydrogen-bond donors (Lipinski definition) is 2.